The summed E-state index contributed by atoms with van der Waals surface area (Å²) in [6, 6.07) is 53.2. The number of hydrogen-bond acceptors (Lipinski definition) is 0. The van der Waals surface area contributed by atoms with Crippen LogP contribution in [-0.4, -0.2) is 4.57 Å². The number of hydrogen-bond donors (Lipinski definition) is 0. The van der Waals surface area contributed by atoms with Crippen LogP contribution >= 0.6 is 0 Å². The molecule has 0 atom stereocenters. The van der Waals surface area contributed by atoms with Crippen LogP contribution in [0.5, 0.6) is 0 Å². The Hall–Kier alpha value is -5.40. The van der Waals surface area contributed by atoms with Crippen LogP contribution < -0.4 is 0 Å². The molecule has 0 spiro atoms. The fraction of sp³-hybridized carbons (Fsp3) is 0.200. The molecule has 0 radical (unpaired) electrons. The van der Waals surface area contributed by atoms with Crippen LogP contribution in [0.25, 0.3) is 45.1 Å². The molecule has 7 rings (SSSR count). The van der Waals surface area contributed by atoms with E-state index >= 15 is 0 Å². The van der Waals surface area contributed by atoms with Gasteiger partial charge < -0.3 is 4.57 Å². The molecule has 7 aromatic rings. The van der Waals surface area contributed by atoms with Crippen LogP contribution in [0.2, 0.25) is 0 Å². The van der Waals surface area contributed by atoms with Crippen molar-refractivity contribution in [2.75, 3.05) is 0 Å². The van der Waals surface area contributed by atoms with Gasteiger partial charge in [-0.1, -0.05) is 163 Å². The molecule has 0 saturated heterocycles. The standard InChI is InChI=1S/C50H49N/c1-8-51-47-39(31-43(35-21-13-9-14-22-35)36-23-15-10-16-24-36)29-41(49(2,3)4)33-45(47)46-34-42(50(5,6)7)30-40(48(46)51)32-44(37-25-17-11-18-26-37)38-27-19-12-20-28-38/h9-34H,8H2,1-7H3. The Bertz CT molecular complexity index is 2110. The monoisotopic (exact) mass is 663 g/mol. The van der Waals surface area contributed by atoms with Crippen molar-refractivity contribution in [2.45, 2.75) is 65.8 Å². The van der Waals surface area contributed by atoms with Crippen molar-refractivity contribution >= 4 is 45.1 Å². The van der Waals surface area contributed by atoms with Gasteiger partial charge in [0.15, 0.2) is 0 Å². The molecule has 51 heavy (non-hydrogen) atoms. The summed E-state index contributed by atoms with van der Waals surface area (Å²) in [7, 11) is 0. The molecular weight excluding hydrogens is 615 g/mol. The summed E-state index contributed by atoms with van der Waals surface area (Å²) in [4.78, 5) is 0. The van der Waals surface area contributed by atoms with Gasteiger partial charge >= 0.3 is 0 Å². The van der Waals surface area contributed by atoms with E-state index in [-0.39, 0.29) is 10.8 Å². The zero-order valence-electron chi connectivity index (χ0n) is 31.2. The molecule has 254 valence electrons. The first-order valence-electron chi connectivity index (χ1n) is 18.3. The van der Waals surface area contributed by atoms with Crippen molar-refractivity contribution < 1.29 is 0 Å². The average Bonchev–Trinajstić information content (AvgIpc) is 3.47. The first kappa shape index (κ1) is 34.1. The van der Waals surface area contributed by atoms with Gasteiger partial charge in [-0.2, -0.15) is 0 Å². The van der Waals surface area contributed by atoms with E-state index in [9.17, 15) is 0 Å². The summed E-state index contributed by atoms with van der Waals surface area (Å²) in [5.74, 6) is 0. The highest BCUT2D eigenvalue weighted by molar-refractivity contribution is 6.15. The molecule has 0 saturated carbocycles. The molecule has 0 fully saturated rings. The lowest BCUT2D eigenvalue weighted by Crippen LogP contribution is -2.11. The van der Waals surface area contributed by atoms with E-state index in [1.54, 1.807) is 0 Å². The molecule has 0 aliphatic heterocycles. The van der Waals surface area contributed by atoms with Gasteiger partial charge in [-0.25, -0.2) is 0 Å². The fourth-order valence-electron chi connectivity index (χ4n) is 7.29. The van der Waals surface area contributed by atoms with Gasteiger partial charge in [-0.3, -0.25) is 0 Å². The van der Waals surface area contributed by atoms with Crippen molar-refractivity contribution in [3.05, 3.63) is 190 Å². The van der Waals surface area contributed by atoms with Gasteiger partial charge in [0.05, 0.1) is 11.0 Å². The van der Waals surface area contributed by atoms with Crippen LogP contribution in [0.3, 0.4) is 0 Å². The van der Waals surface area contributed by atoms with Crippen molar-refractivity contribution in [1.82, 2.24) is 4.57 Å². The highest BCUT2D eigenvalue weighted by Gasteiger charge is 2.24. The Morgan fingerprint density at radius 3 is 1.00 bits per heavy atom. The van der Waals surface area contributed by atoms with Gasteiger partial charge in [0.2, 0.25) is 0 Å². The first-order chi connectivity index (χ1) is 24.5. The molecule has 1 aromatic heterocycles. The highest BCUT2D eigenvalue weighted by Crippen LogP contribution is 2.42. The van der Waals surface area contributed by atoms with E-state index in [1.807, 2.05) is 0 Å². The van der Waals surface area contributed by atoms with Crippen molar-refractivity contribution in [3.8, 4) is 0 Å². The number of aryl methyl sites for hydroxylation is 1. The van der Waals surface area contributed by atoms with E-state index < -0.39 is 0 Å². The summed E-state index contributed by atoms with van der Waals surface area (Å²) in [6.07, 6.45) is 4.87. The van der Waals surface area contributed by atoms with Gasteiger partial charge in [-0.15, -0.1) is 0 Å². The molecule has 0 amide bonds. The Labute approximate surface area is 304 Å². The van der Waals surface area contributed by atoms with Crippen molar-refractivity contribution in [3.63, 3.8) is 0 Å². The predicted molar refractivity (Wildman–Crippen MR) is 222 cm³/mol. The third-order valence-corrected chi connectivity index (χ3v) is 10.1. The van der Waals surface area contributed by atoms with Crippen LogP contribution in [0, 0.1) is 0 Å². The topological polar surface area (TPSA) is 4.93 Å². The minimum Gasteiger partial charge on any atom is -0.340 e. The lowest BCUT2D eigenvalue weighted by atomic mass is 9.83. The second kappa shape index (κ2) is 13.7. The summed E-state index contributed by atoms with van der Waals surface area (Å²) < 4.78 is 2.57. The fourth-order valence-corrected chi connectivity index (χ4v) is 7.29. The molecule has 1 heterocycles. The largest absolute Gasteiger partial charge is 0.340 e. The Morgan fingerprint density at radius 1 is 0.451 bits per heavy atom. The second-order valence-electron chi connectivity index (χ2n) is 15.7. The number of benzene rings is 6. The maximum absolute atomic E-state index is 2.57. The molecular formula is C50H49N. The lowest BCUT2D eigenvalue weighted by molar-refractivity contribution is 0.590. The Balaban J connectivity index is 1.64. The normalized spacial score (nSPS) is 11.9. The van der Waals surface area contributed by atoms with Gasteiger partial charge in [0, 0.05) is 17.3 Å². The van der Waals surface area contributed by atoms with E-state index in [0.717, 1.165) is 6.54 Å². The molecule has 0 aliphatic carbocycles. The molecule has 1 heteroatoms. The summed E-state index contributed by atoms with van der Waals surface area (Å²) >= 11 is 0. The van der Waals surface area contributed by atoms with Crippen LogP contribution in [-0.2, 0) is 17.4 Å². The lowest BCUT2D eigenvalue weighted by Gasteiger charge is -2.21. The molecule has 0 bridgehead atoms. The summed E-state index contributed by atoms with van der Waals surface area (Å²) in [5.41, 5.74) is 15.0. The molecule has 0 aliphatic rings. The number of rotatable bonds is 7. The minimum absolute atomic E-state index is 0.0325. The van der Waals surface area contributed by atoms with Gasteiger partial charge in [0.25, 0.3) is 0 Å². The third-order valence-electron chi connectivity index (χ3n) is 10.1. The van der Waals surface area contributed by atoms with Gasteiger partial charge in [-0.05, 0) is 110 Å². The Kier molecular flexibility index (Phi) is 9.17. The van der Waals surface area contributed by atoms with Crippen LogP contribution in [0.1, 0.15) is 93.0 Å². The third kappa shape index (κ3) is 6.86. The smallest absolute Gasteiger partial charge is 0.0565 e. The van der Waals surface area contributed by atoms with Gasteiger partial charge in [0.1, 0.15) is 0 Å². The van der Waals surface area contributed by atoms with E-state index in [4.69, 9.17) is 0 Å². The highest BCUT2D eigenvalue weighted by atomic mass is 15.0. The SMILES string of the molecule is CCn1c2c(C=C(c3ccccc3)c3ccccc3)cc(C(C)(C)C)cc2c2cc(C(C)(C)C)cc(C=C(c3ccccc3)c3ccccc3)c21. The van der Waals surface area contributed by atoms with Crippen molar-refractivity contribution in [1.29, 1.82) is 0 Å². The van der Waals surface area contributed by atoms with Crippen LogP contribution in [0.15, 0.2) is 146 Å². The number of aromatic nitrogens is 1. The number of fused-ring (bicyclic) bond motifs is 3. The summed E-state index contributed by atoms with van der Waals surface area (Å²) in [5, 5.41) is 2.63. The maximum atomic E-state index is 2.57. The van der Waals surface area contributed by atoms with Crippen LogP contribution in [0.4, 0.5) is 0 Å². The zero-order valence-corrected chi connectivity index (χ0v) is 31.2. The molecule has 0 unspecified atom stereocenters. The molecule has 0 N–H and O–H groups in total. The first-order valence-corrected chi connectivity index (χ1v) is 18.3. The average molecular weight is 664 g/mol. The summed E-state index contributed by atoms with van der Waals surface area (Å²) in [6.45, 7) is 17.1. The molecule has 6 aromatic carbocycles. The van der Waals surface area contributed by atoms with E-state index in [1.165, 1.54) is 77.5 Å². The minimum atomic E-state index is -0.0325. The molecule has 1 nitrogen and oxygen atoms in total. The van der Waals surface area contributed by atoms with E-state index in [2.05, 4.69) is 211 Å². The second-order valence-corrected chi connectivity index (χ2v) is 15.7. The zero-order chi connectivity index (χ0) is 35.8. The number of nitrogens with zero attached hydrogens (tertiary/aromatic N) is 1. The quantitative estimate of drug-likeness (QED) is 0.150. The maximum Gasteiger partial charge on any atom is 0.0565 e. The van der Waals surface area contributed by atoms with E-state index in [0.29, 0.717) is 0 Å². The van der Waals surface area contributed by atoms with Crippen molar-refractivity contribution in [2.24, 2.45) is 0 Å². The Morgan fingerprint density at radius 2 is 0.745 bits per heavy atom. The predicted octanol–water partition coefficient (Wildman–Crippen LogP) is 13.6.